The monoisotopic (exact) mass is 356 g/mol. The Morgan fingerprint density at radius 2 is 1.40 bits per heavy atom. The molecule has 0 spiro atoms. The highest BCUT2D eigenvalue weighted by molar-refractivity contribution is 5.70. The largest absolute Gasteiger partial charge is 0.481 e. The molecule has 0 aliphatic heterocycles. The zero-order valence-electron chi connectivity index (χ0n) is 16.7. The molecular weight excluding hydrogens is 316 g/mol. The van der Waals surface area contributed by atoms with E-state index < -0.39 is 5.97 Å². The van der Waals surface area contributed by atoms with Crippen molar-refractivity contribution in [1.82, 2.24) is 0 Å². The Morgan fingerprint density at radius 3 is 1.96 bits per heavy atom. The van der Waals surface area contributed by atoms with E-state index in [0.29, 0.717) is 25.2 Å². The molecule has 0 aliphatic rings. The maximum atomic E-state index is 11.9. The minimum atomic E-state index is -0.805. The van der Waals surface area contributed by atoms with Crippen LogP contribution in [0.4, 0.5) is 0 Å². The van der Waals surface area contributed by atoms with E-state index in [-0.39, 0.29) is 18.5 Å². The van der Waals surface area contributed by atoms with E-state index in [2.05, 4.69) is 20.8 Å². The fourth-order valence-electron chi connectivity index (χ4n) is 3.05. The number of rotatable bonds is 17. The molecule has 0 radical (unpaired) electrons. The van der Waals surface area contributed by atoms with Crippen molar-refractivity contribution in [2.24, 2.45) is 5.92 Å². The first-order valence-corrected chi connectivity index (χ1v) is 10.4. The molecule has 4 nitrogen and oxygen atoms in total. The van der Waals surface area contributed by atoms with E-state index in [0.717, 1.165) is 19.3 Å². The molecule has 0 saturated carbocycles. The van der Waals surface area contributed by atoms with Crippen molar-refractivity contribution in [3.05, 3.63) is 0 Å². The van der Waals surface area contributed by atoms with Gasteiger partial charge >= 0.3 is 11.9 Å². The van der Waals surface area contributed by atoms with E-state index in [1.165, 1.54) is 44.9 Å². The predicted molar refractivity (Wildman–Crippen MR) is 103 cm³/mol. The van der Waals surface area contributed by atoms with Crippen LogP contribution in [0.15, 0.2) is 0 Å². The van der Waals surface area contributed by atoms with Gasteiger partial charge in [-0.25, -0.2) is 0 Å². The number of carbonyl (C=O) groups excluding carboxylic acids is 1. The van der Waals surface area contributed by atoms with Gasteiger partial charge in [0.2, 0.25) is 0 Å². The number of carbonyl (C=O) groups is 2. The van der Waals surface area contributed by atoms with Crippen LogP contribution in [0.2, 0.25) is 0 Å². The van der Waals surface area contributed by atoms with Crippen LogP contribution in [0, 0.1) is 5.92 Å². The van der Waals surface area contributed by atoms with Gasteiger partial charge < -0.3 is 9.84 Å². The van der Waals surface area contributed by atoms with E-state index in [1.54, 1.807) is 0 Å². The fraction of sp³-hybridized carbons (Fsp3) is 0.905. The van der Waals surface area contributed by atoms with Gasteiger partial charge in [0, 0.05) is 12.8 Å². The summed E-state index contributed by atoms with van der Waals surface area (Å²) in [6, 6.07) is 0. The summed E-state index contributed by atoms with van der Waals surface area (Å²) in [6.45, 7) is 6.55. The standard InChI is InChI=1S/C21H40O4/c1-4-5-6-7-8-9-10-11-14-19(17-18(2)3)25-21(24)16-13-12-15-20(22)23/h18-19H,4-17H2,1-3H3,(H,22,23). The minimum absolute atomic E-state index is 0.0204. The molecule has 0 amide bonds. The summed E-state index contributed by atoms with van der Waals surface area (Å²) in [7, 11) is 0. The first-order valence-electron chi connectivity index (χ1n) is 10.4. The molecule has 0 aromatic heterocycles. The second-order valence-corrected chi connectivity index (χ2v) is 7.61. The van der Waals surface area contributed by atoms with Crippen molar-refractivity contribution in [3.63, 3.8) is 0 Å². The highest BCUT2D eigenvalue weighted by Gasteiger charge is 2.16. The Morgan fingerprint density at radius 1 is 0.840 bits per heavy atom. The second kappa shape index (κ2) is 16.4. The zero-order valence-corrected chi connectivity index (χ0v) is 16.7. The number of hydrogen-bond acceptors (Lipinski definition) is 3. The molecule has 0 fully saturated rings. The normalized spacial score (nSPS) is 12.3. The Bertz CT molecular complexity index is 339. The number of aliphatic carboxylic acids is 1. The van der Waals surface area contributed by atoms with Gasteiger partial charge in [-0.2, -0.15) is 0 Å². The van der Waals surface area contributed by atoms with Gasteiger partial charge in [-0.1, -0.05) is 65.7 Å². The van der Waals surface area contributed by atoms with Gasteiger partial charge in [-0.3, -0.25) is 9.59 Å². The summed E-state index contributed by atoms with van der Waals surface area (Å²) < 4.78 is 5.64. The molecule has 1 N–H and O–H groups in total. The van der Waals surface area contributed by atoms with Crippen LogP contribution in [-0.4, -0.2) is 23.1 Å². The Hall–Kier alpha value is -1.06. The van der Waals surface area contributed by atoms with Crippen LogP contribution in [0.3, 0.4) is 0 Å². The highest BCUT2D eigenvalue weighted by atomic mass is 16.5. The minimum Gasteiger partial charge on any atom is -0.481 e. The van der Waals surface area contributed by atoms with Crippen LogP contribution in [0.5, 0.6) is 0 Å². The lowest BCUT2D eigenvalue weighted by Gasteiger charge is -2.20. The van der Waals surface area contributed by atoms with Gasteiger partial charge in [0.25, 0.3) is 0 Å². The molecular formula is C21H40O4. The molecule has 0 aliphatic carbocycles. The maximum absolute atomic E-state index is 11.9. The van der Waals surface area contributed by atoms with Crippen LogP contribution in [-0.2, 0) is 14.3 Å². The van der Waals surface area contributed by atoms with Crippen LogP contribution >= 0.6 is 0 Å². The lowest BCUT2D eigenvalue weighted by molar-refractivity contribution is -0.150. The highest BCUT2D eigenvalue weighted by Crippen LogP contribution is 2.18. The molecule has 0 aromatic rings. The smallest absolute Gasteiger partial charge is 0.306 e. The van der Waals surface area contributed by atoms with Gasteiger partial charge in [-0.05, 0) is 38.0 Å². The molecule has 1 atom stereocenters. The van der Waals surface area contributed by atoms with Gasteiger partial charge in [0.1, 0.15) is 6.10 Å². The quantitative estimate of drug-likeness (QED) is 0.252. The van der Waals surface area contributed by atoms with Gasteiger partial charge in [0.05, 0.1) is 0 Å². The van der Waals surface area contributed by atoms with Crippen molar-refractivity contribution >= 4 is 11.9 Å². The summed E-state index contributed by atoms with van der Waals surface area (Å²) in [5, 5.41) is 8.61. The number of hydrogen-bond donors (Lipinski definition) is 1. The molecule has 0 heterocycles. The lowest BCUT2D eigenvalue weighted by Crippen LogP contribution is -2.20. The fourth-order valence-corrected chi connectivity index (χ4v) is 3.05. The number of esters is 1. The molecule has 0 bridgehead atoms. The van der Waals surface area contributed by atoms with Crippen LogP contribution in [0.1, 0.15) is 111 Å². The summed E-state index contributed by atoms with van der Waals surface area (Å²) in [6.07, 6.45) is 13.7. The topological polar surface area (TPSA) is 63.6 Å². The molecule has 25 heavy (non-hydrogen) atoms. The number of carboxylic acid groups (broad SMARTS) is 1. The summed E-state index contributed by atoms with van der Waals surface area (Å²) >= 11 is 0. The van der Waals surface area contributed by atoms with Gasteiger partial charge in [-0.15, -0.1) is 0 Å². The third-order valence-corrected chi connectivity index (χ3v) is 4.43. The average molecular weight is 357 g/mol. The Balaban J connectivity index is 3.87. The Labute approximate surface area is 154 Å². The third-order valence-electron chi connectivity index (χ3n) is 4.43. The summed E-state index contributed by atoms with van der Waals surface area (Å²) in [5.74, 6) is -0.463. The van der Waals surface area contributed by atoms with E-state index in [4.69, 9.17) is 9.84 Å². The number of unbranched alkanes of at least 4 members (excludes halogenated alkanes) is 8. The van der Waals surface area contributed by atoms with Crippen molar-refractivity contribution in [2.75, 3.05) is 0 Å². The van der Waals surface area contributed by atoms with Crippen molar-refractivity contribution in [2.45, 2.75) is 117 Å². The van der Waals surface area contributed by atoms with E-state index in [1.807, 2.05) is 0 Å². The molecule has 0 aromatic carbocycles. The van der Waals surface area contributed by atoms with E-state index in [9.17, 15) is 9.59 Å². The molecule has 148 valence electrons. The average Bonchev–Trinajstić information content (AvgIpc) is 2.53. The zero-order chi connectivity index (χ0) is 18.9. The second-order valence-electron chi connectivity index (χ2n) is 7.61. The lowest BCUT2D eigenvalue weighted by atomic mass is 9.99. The van der Waals surface area contributed by atoms with Crippen LogP contribution < -0.4 is 0 Å². The summed E-state index contributed by atoms with van der Waals surface area (Å²) in [4.78, 5) is 22.4. The predicted octanol–water partition coefficient (Wildman–Crippen LogP) is 6.12. The van der Waals surface area contributed by atoms with Crippen molar-refractivity contribution in [1.29, 1.82) is 0 Å². The van der Waals surface area contributed by atoms with Crippen LogP contribution in [0.25, 0.3) is 0 Å². The first kappa shape index (κ1) is 23.9. The van der Waals surface area contributed by atoms with Gasteiger partial charge in [0.15, 0.2) is 0 Å². The van der Waals surface area contributed by atoms with E-state index >= 15 is 0 Å². The van der Waals surface area contributed by atoms with Crippen molar-refractivity contribution < 1.29 is 19.4 Å². The Kier molecular flexibility index (Phi) is 15.7. The molecule has 0 saturated heterocycles. The SMILES string of the molecule is CCCCCCCCCCC(CC(C)C)OC(=O)CCCCC(=O)O. The number of ether oxygens (including phenoxy) is 1. The molecule has 4 heteroatoms. The number of carboxylic acids is 1. The third kappa shape index (κ3) is 17.6. The first-order chi connectivity index (χ1) is 12.0. The van der Waals surface area contributed by atoms with Crippen molar-refractivity contribution in [3.8, 4) is 0 Å². The molecule has 1 unspecified atom stereocenters. The maximum Gasteiger partial charge on any atom is 0.306 e. The summed E-state index contributed by atoms with van der Waals surface area (Å²) in [5.41, 5.74) is 0. The molecule has 0 rings (SSSR count).